The Morgan fingerprint density at radius 3 is 1.94 bits per heavy atom. The number of carbonyl (C=O) groups is 1. The van der Waals surface area contributed by atoms with Gasteiger partial charge in [-0.1, -0.05) is 27.8 Å². The van der Waals surface area contributed by atoms with Crippen molar-refractivity contribution in [3.8, 4) is 11.8 Å². The fourth-order valence-electron chi connectivity index (χ4n) is 1.05. The molecule has 0 unspecified atom stereocenters. The minimum absolute atomic E-state index is 0.0375. The molecular weight excluding hydrogens is 308 g/mol. The molecule has 0 radical (unpaired) electrons. The molecule has 0 amide bonds. The first-order chi connectivity index (χ1) is 7.91. The van der Waals surface area contributed by atoms with Crippen molar-refractivity contribution in [1.29, 1.82) is 0 Å². The number of hydrogen-bond donors (Lipinski definition) is 1. The van der Waals surface area contributed by atoms with Gasteiger partial charge in [0.1, 0.15) is 11.1 Å². The van der Waals surface area contributed by atoms with E-state index in [1.165, 1.54) is 0 Å². The maximum atomic E-state index is 13.2. The summed E-state index contributed by atoms with van der Waals surface area (Å²) < 4.78 is 52.7. The summed E-state index contributed by atoms with van der Waals surface area (Å²) in [6, 6.07) is 0. The van der Waals surface area contributed by atoms with Gasteiger partial charge in [0.15, 0.2) is 23.3 Å². The van der Waals surface area contributed by atoms with Crippen LogP contribution < -0.4 is 0 Å². The van der Waals surface area contributed by atoms with Gasteiger partial charge in [-0.3, -0.25) is 0 Å². The average Bonchev–Trinajstić information content (AvgIpc) is 2.26. The van der Waals surface area contributed by atoms with Crippen LogP contribution in [0.25, 0.3) is 0 Å². The predicted octanol–water partition coefficient (Wildman–Crippen LogP) is 2.69. The molecule has 0 aromatic heterocycles. The van der Waals surface area contributed by atoms with E-state index >= 15 is 0 Å². The van der Waals surface area contributed by atoms with Crippen molar-refractivity contribution >= 4 is 21.9 Å². The number of halogens is 5. The molecule has 1 aromatic rings. The first-order valence-electron chi connectivity index (χ1n) is 4.05. The van der Waals surface area contributed by atoms with Crippen LogP contribution in [-0.4, -0.2) is 16.4 Å². The Labute approximate surface area is 101 Å². The molecule has 1 rings (SSSR count). The Hall–Kier alpha value is -1.55. The number of alkyl halides is 1. The van der Waals surface area contributed by atoms with Gasteiger partial charge >= 0.3 is 5.97 Å². The minimum Gasteiger partial charge on any atom is -0.477 e. The molecule has 0 atom stereocenters. The number of rotatable bonds is 1. The highest BCUT2D eigenvalue weighted by Crippen LogP contribution is 2.23. The Bertz CT molecular complexity index is 516. The van der Waals surface area contributed by atoms with Gasteiger partial charge in [0, 0.05) is 0 Å². The lowest BCUT2D eigenvalue weighted by molar-refractivity contribution is 0.0683. The quantitative estimate of drug-likeness (QED) is 0.375. The van der Waals surface area contributed by atoms with Crippen molar-refractivity contribution in [2.24, 2.45) is 0 Å². The summed E-state index contributed by atoms with van der Waals surface area (Å²) in [5.41, 5.74) is -2.81. The standard InChI is InChI=1S/C10H3BrF4O2/c11-3-1-2-4-6(12)8(14)5(10(16)17)9(15)7(4)13/h3H2,(H,16,17). The van der Waals surface area contributed by atoms with E-state index in [0.717, 1.165) is 0 Å². The zero-order valence-corrected chi connectivity index (χ0v) is 9.54. The molecule has 0 saturated heterocycles. The van der Waals surface area contributed by atoms with E-state index in [-0.39, 0.29) is 5.33 Å². The lowest BCUT2D eigenvalue weighted by Gasteiger charge is -2.05. The van der Waals surface area contributed by atoms with Crippen molar-refractivity contribution in [3.05, 3.63) is 34.4 Å². The summed E-state index contributed by atoms with van der Waals surface area (Å²) in [5, 5.41) is 8.44. The van der Waals surface area contributed by atoms with E-state index in [0.29, 0.717) is 0 Å². The number of aromatic carboxylic acids is 1. The third-order valence-electron chi connectivity index (χ3n) is 1.76. The molecule has 0 aliphatic rings. The maximum absolute atomic E-state index is 13.2. The van der Waals surface area contributed by atoms with Crippen LogP contribution in [0.3, 0.4) is 0 Å². The predicted molar refractivity (Wildman–Crippen MR) is 53.9 cm³/mol. The molecule has 1 aromatic carbocycles. The molecule has 0 fully saturated rings. The highest BCUT2D eigenvalue weighted by molar-refractivity contribution is 9.09. The third-order valence-corrected chi connectivity index (χ3v) is 2.04. The van der Waals surface area contributed by atoms with E-state index in [2.05, 4.69) is 21.9 Å². The van der Waals surface area contributed by atoms with Gasteiger partial charge in [-0.25, -0.2) is 22.4 Å². The minimum atomic E-state index is -2.10. The van der Waals surface area contributed by atoms with E-state index in [9.17, 15) is 22.4 Å². The summed E-state index contributed by atoms with van der Waals surface area (Å²) in [6.45, 7) is 0. The van der Waals surface area contributed by atoms with Crippen molar-refractivity contribution in [1.82, 2.24) is 0 Å². The first kappa shape index (κ1) is 13.5. The number of benzene rings is 1. The molecule has 0 spiro atoms. The molecule has 0 heterocycles. The van der Waals surface area contributed by atoms with E-state index in [1.807, 2.05) is 5.92 Å². The second-order valence-electron chi connectivity index (χ2n) is 2.75. The fourth-order valence-corrected chi connectivity index (χ4v) is 1.19. The van der Waals surface area contributed by atoms with Crippen molar-refractivity contribution in [3.63, 3.8) is 0 Å². The first-order valence-corrected chi connectivity index (χ1v) is 5.18. The van der Waals surface area contributed by atoms with Gasteiger partial charge in [-0.2, -0.15) is 0 Å². The van der Waals surface area contributed by atoms with Crippen LogP contribution >= 0.6 is 15.9 Å². The third kappa shape index (κ3) is 2.42. The van der Waals surface area contributed by atoms with Crippen LogP contribution in [0.15, 0.2) is 0 Å². The van der Waals surface area contributed by atoms with Gasteiger partial charge < -0.3 is 5.11 Å². The molecule has 0 aliphatic heterocycles. The molecule has 1 N–H and O–H groups in total. The summed E-state index contributed by atoms with van der Waals surface area (Å²) in [6.07, 6.45) is 0. The Balaban J connectivity index is 3.64. The van der Waals surface area contributed by atoms with Crippen molar-refractivity contribution in [2.75, 3.05) is 5.33 Å². The lowest BCUT2D eigenvalue weighted by Crippen LogP contribution is -2.11. The smallest absolute Gasteiger partial charge is 0.341 e. The fraction of sp³-hybridized carbons (Fsp3) is 0.100. The van der Waals surface area contributed by atoms with Crippen molar-refractivity contribution in [2.45, 2.75) is 0 Å². The topological polar surface area (TPSA) is 37.3 Å². The van der Waals surface area contributed by atoms with E-state index < -0.39 is 40.4 Å². The Morgan fingerprint density at radius 1 is 1.12 bits per heavy atom. The molecule has 0 aliphatic carbocycles. The van der Waals surface area contributed by atoms with Crippen LogP contribution in [0.5, 0.6) is 0 Å². The van der Waals surface area contributed by atoms with Crippen LogP contribution in [0.2, 0.25) is 0 Å². The van der Waals surface area contributed by atoms with Gasteiger partial charge in [-0.05, 0) is 0 Å². The summed E-state index contributed by atoms with van der Waals surface area (Å²) in [4.78, 5) is 10.4. The van der Waals surface area contributed by atoms with Gasteiger partial charge in [0.05, 0.1) is 5.33 Å². The highest BCUT2D eigenvalue weighted by Gasteiger charge is 2.28. The largest absolute Gasteiger partial charge is 0.477 e. The van der Waals surface area contributed by atoms with E-state index in [4.69, 9.17) is 5.11 Å². The zero-order chi connectivity index (χ0) is 13.2. The molecule has 7 heteroatoms. The van der Waals surface area contributed by atoms with Gasteiger partial charge in [-0.15, -0.1) is 0 Å². The number of hydrogen-bond acceptors (Lipinski definition) is 1. The van der Waals surface area contributed by atoms with Crippen molar-refractivity contribution < 1.29 is 27.5 Å². The Morgan fingerprint density at radius 2 is 1.59 bits per heavy atom. The molecular formula is C10H3BrF4O2. The molecule has 17 heavy (non-hydrogen) atoms. The molecule has 0 saturated carbocycles. The monoisotopic (exact) mass is 310 g/mol. The normalized spacial score (nSPS) is 9.71. The maximum Gasteiger partial charge on any atom is 0.341 e. The van der Waals surface area contributed by atoms with Gasteiger partial charge in [0.25, 0.3) is 0 Å². The lowest BCUT2D eigenvalue weighted by atomic mass is 10.1. The van der Waals surface area contributed by atoms with Gasteiger partial charge in [0.2, 0.25) is 0 Å². The molecule has 2 nitrogen and oxygen atoms in total. The summed E-state index contributed by atoms with van der Waals surface area (Å²) in [7, 11) is 0. The van der Waals surface area contributed by atoms with Crippen LogP contribution in [0, 0.1) is 35.1 Å². The average molecular weight is 311 g/mol. The zero-order valence-electron chi connectivity index (χ0n) is 7.95. The molecule has 90 valence electrons. The van der Waals surface area contributed by atoms with Crippen LogP contribution in [0.4, 0.5) is 17.6 Å². The Kier molecular flexibility index (Phi) is 4.12. The SMILES string of the molecule is O=C(O)c1c(F)c(F)c(C#CCBr)c(F)c1F. The number of carboxylic acid groups (broad SMARTS) is 1. The van der Waals surface area contributed by atoms with Crippen LogP contribution in [-0.2, 0) is 0 Å². The number of carboxylic acids is 1. The second-order valence-corrected chi connectivity index (χ2v) is 3.31. The van der Waals surface area contributed by atoms with Crippen LogP contribution in [0.1, 0.15) is 15.9 Å². The second kappa shape index (κ2) is 5.19. The summed E-state index contributed by atoms with van der Waals surface area (Å²) in [5.74, 6) is -5.69. The van der Waals surface area contributed by atoms with E-state index in [1.54, 1.807) is 0 Å². The summed E-state index contributed by atoms with van der Waals surface area (Å²) >= 11 is 2.83. The molecule has 0 bridgehead atoms. The highest BCUT2D eigenvalue weighted by atomic mass is 79.9.